The van der Waals surface area contributed by atoms with Gasteiger partial charge in [0.15, 0.2) is 23.3 Å². The molecule has 2 aromatic carbocycles. The second kappa shape index (κ2) is 9.51. The predicted octanol–water partition coefficient (Wildman–Crippen LogP) is 4.59. The maximum atomic E-state index is 12.8. The predicted molar refractivity (Wildman–Crippen MR) is 117 cm³/mol. The maximum Gasteiger partial charge on any atom is 0.266 e. The molecule has 1 amide bonds. The zero-order valence-electron chi connectivity index (χ0n) is 18.6. The molecule has 0 unspecified atom stereocenters. The van der Waals surface area contributed by atoms with Crippen LogP contribution in [0.4, 0.5) is 5.82 Å². The van der Waals surface area contributed by atoms with Gasteiger partial charge in [-0.2, -0.15) is 0 Å². The fraction of sp³-hybridized carbons (Fsp3) is 0.348. The summed E-state index contributed by atoms with van der Waals surface area (Å²) >= 11 is 0. The van der Waals surface area contributed by atoms with Crippen molar-refractivity contribution in [3.8, 4) is 28.5 Å². The fourth-order valence-electron chi connectivity index (χ4n) is 3.13. The molecule has 164 valence electrons. The second-order valence-electron chi connectivity index (χ2n) is 7.48. The van der Waals surface area contributed by atoms with Gasteiger partial charge in [0.1, 0.15) is 5.75 Å². The Hall–Kier alpha value is -3.55. The molecular weight excluding hydrogens is 398 g/mol. The number of carbonyl (C=O) groups excluding carboxylic acids is 1. The molecule has 8 heteroatoms. The van der Waals surface area contributed by atoms with E-state index in [0.29, 0.717) is 28.5 Å². The maximum absolute atomic E-state index is 12.8. The fourth-order valence-corrected chi connectivity index (χ4v) is 3.13. The molecular formula is C23H27N3O5. The highest BCUT2D eigenvalue weighted by atomic mass is 16.6. The number of aryl methyl sites for hydroxylation is 1. The van der Waals surface area contributed by atoms with Crippen molar-refractivity contribution in [1.82, 2.24) is 10.3 Å². The van der Waals surface area contributed by atoms with Crippen molar-refractivity contribution in [1.29, 1.82) is 0 Å². The number of nitrogens with zero attached hydrogens (tertiary/aromatic N) is 2. The number of amides is 1. The van der Waals surface area contributed by atoms with E-state index in [1.807, 2.05) is 25.1 Å². The molecule has 0 aliphatic rings. The number of carbonyl (C=O) groups is 1. The van der Waals surface area contributed by atoms with E-state index in [4.69, 9.17) is 18.8 Å². The van der Waals surface area contributed by atoms with Crippen LogP contribution < -0.4 is 19.5 Å². The lowest BCUT2D eigenvalue weighted by Gasteiger charge is -2.19. The van der Waals surface area contributed by atoms with E-state index in [1.165, 1.54) is 0 Å². The minimum atomic E-state index is -0.755. The molecule has 0 saturated heterocycles. The van der Waals surface area contributed by atoms with E-state index >= 15 is 0 Å². The first-order chi connectivity index (χ1) is 14.8. The summed E-state index contributed by atoms with van der Waals surface area (Å²) in [5.41, 5.74) is 3.13. The number of aromatic nitrogens is 2. The molecule has 0 aliphatic heterocycles. The summed E-state index contributed by atoms with van der Waals surface area (Å²) in [4.78, 5) is 12.8. The third-order valence-electron chi connectivity index (χ3n) is 4.85. The van der Waals surface area contributed by atoms with Crippen LogP contribution in [-0.2, 0) is 4.79 Å². The summed E-state index contributed by atoms with van der Waals surface area (Å²) in [6.07, 6.45) is -0.755. The monoisotopic (exact) mass is 425 g/mol. The summed E-state index contributed by atoms with van der Waals surface area (Å²) in [5.74, 6) is 1.89. The lowest BCUT2D eigenvalue weighted by atomic mass is 10.0. The molecule has 0 aliphatic carbocycles. The van der Waals surface area contributed by atoms with Crippen LogP contribution in [0.1, 0.15) is 37.8 Å². The highest BCUT2D eigenvalue weighted by Gasteiger charge is 2.22. The molecule has 1 N–H and O–H groups in total. The van der Waals surface area contributed by atoms with Gasteiger partial charge in [0.25, 0.3) is 5.91 Å². The summed E-state index contributed by atoms with van der Waals surface area (Å²) in [6, 6.07) is 11.2. The Bertz CT molecular complexity index is 1060. The van der Waals surface area contributed by atoms with Crippen LogP contribution in [0.15, 0.2) is 41.0 Å². The van der Waals surface area contributed by atoms with E-state index in [9.17, 15) is 4.79 Å². The van der Waals surface area contributed by atoms with Crippen LogP contribution in [-0.4, -0.2) is 36.5 Å². The number of hydrogen-bond acceptors (Lipinski definition) is 7. The number of methoxy groups -OCH3 is 2. The van der Waals surface area contributed by atoms with Gasteiger partial charge in [-0.1, -0.05) is 26.0 Å². The van der Waals surface area contributed by atoms with Gasteiger partial charge in [0.2, 0.25) is 5.82 Å². The number of hydrogen-bond donors (Lipinski definition) is 1. The minimum absolute atomic E-state index is 0.195. The minimum Gasteiger partial charge on any atom is -0.493 e. The van der Waals surface area contributed by atoms with Crippen LogP contribution >= 0.6 is 0 Å². The van der Waals surface area contributed by atoms with E-state index in [-0.39, 0.29) is 17.6 Å². The zero-order valence-corrected chi connectivity index (χ0v) is 18.6. The van der Waals surface area contributed by atoms with Crippen LogP contribution in [0.2, 0.25) is 0 Å². The number of nitrogens with one attached hydrogen (secondary N) is 1. The average molecular weight is 425 g/mol. The molecule has 31 heavy (non-hydrogen) atoms. The smallest absolute Gasteiger partial charge is 0.266 e. The summed E-state index contributed by atoms with van der Waals surface area (Å²) in [7, 11) is 3.10. The summed E-state index contributed by atoms with van der Waals surface area (Å²) in [6.45, 7) is 7.83. The van der Waals surface area contributed by atoms with Crippen molar-refractivity contribution in [3.63, 3.8) is 0 Å². The third kappa shape index (κ3) is 4.96. The quantitative estimate of drug-likeness (QED) is 0.564. The van der Waals surface area contributed by atoms with Crippen molar-refractivity contribution < 1.29 is 23.6 Å². The first kappa shape index (κ1) is 22.1. The standard InChI is InChI=1S/C23H27N3O5/c1-13(2)17-9-7-14(3)11-19(17)30-15(4)23(27)24-22-21(25-31-26-22)16-8-10-18(28-5)20(12-16)29-6/h7-13,15H,1-6H3,(H,24,26,27)/t15-/m0/s1. The van der Waals surface area contributed by atoms with Gasteiger partial charge in [-0.25, -0.2) is 4.63 Å². The number of rotatable bonds is 8. The summed E-state index contributed by atoms with van der Waals surface area (Å²) < 4.78 is 21.4. The first-order valence-corrected chi connectivity index (χ1v) is 9.97. The van der Waals surface area contributed by atoms with Gasteiger partial charge in [0, 0.05) is 5.56 Å². The molecule has 0 saturated carbocycles. The van der Waals surface area contributed by atoms with Crippen molar-refractivity contribution in [2.45, 2.75) is 39.7 Å². The highest BCUT2D eigenvalue weighted by molar-refractivity contribution is 5.96. The van der Waals surface area contributed by atoms with Crippen molar-refractivity contribution in [2.75, 3.05) is 19.5 Å². The first-order valence-electron chi connectivity index (χ1n) is 9.97. The molecule has 1 atom stereocenters. The molecule has 0 spiro atoms. The van der Waals surface area contributed by atoms with E-state index in [0.717, 1.165) is 11.1 Å². The Morgan fingerprint density at radius 3 is 2.39 bits per heavy atom. The Labute approximate surface area is 181 Å². The topological polar surface area (TPSA) is 95.7 Å². The molecule has 8 nitrogen and oxygen atoms in total. The lowest BCUT2D eigenvalue weighted by molar-refractivity contribution is -0.122. The zero-order chi connectivity index (χ0) is 22.5. The van der Waals surface area contributed by atoms with Gasteiger partial charge in [-0.15, -0.1) is 0 Å². The number of ether oxygens (including phenoxy) is 3. The molecule has 1 heterocycles. The van der Waals surface area contributed by atoms with Crippen LogP contribution in [0.25, 0.3) is 11.3 Å². The van der Waals surface area contributed by atoms with E-state index in [2.05, 4.69) is 29.5 Å². The van der Waals surface area contributed by atoms with Crippen LogP contribution in [0.3, 0.4) is 0 Å². The molecule has 1 aromatic heterocycles. The molecule has 3 aromatic rings. The van der Waals surface area contributed by atoms with Gasteiger partial charge in [-0.3, -0.25) is 4.79 Å². The number of benzene rings is 2. The van der Waals surface area contributed by atoms with Crippen LogP contribution in [0.5, 0.6) is 17.2 Å². The van der Waals surface area contributed by atoms with Crippen molar-refractivity contribution in [3.05, 3.63) is 47.5 Å². The van der Waals surface area contributed by atoms with E-state index in [1.54, 1.807) is 39.3 Å². The number of anilines is 1. The SMILES string of the molecule is COc1ccc(-c2nonc2NC(=O)[C@H](C)Oc2cc(C)ccc2C(C)C)cc1OC. The molecule has 0 bridgehead atoms. The Kier molecular flexibility index (Phi) is 6.79. The van der Waals surface area contributed by atoms with Gasteiger partial charge >= 0.3 is 0 Å². The van der Waals surface area contributed by atoms with Gasteiger partial charge in [-0.05, 0) is 65.5 Å². The Balaban J connectivity index is 1.78. The largest absolute Gasteiger partial charge is 0.493 e. The highest BCUT2D eigenvalue weighted by Crippen LogP contribution is 2.34. The van der Waals surface area contributed by atoms with Gasteiger partial charge < -0.3 is 19.5 Å². The average Bonchev–Trinajstić information content (AvgIpc) is 3.21. The van der Waals surface area contributed by atoms with Crippen molar-refractivity contribution in [2.24, 2.45) is 0 Å². The molecule has 0 radical (unpaired) electrons. The van der Waals surface area contributed by atoms with Gasteiger partial charge in [0.05, 0.1) is 14.2 Å². The molecule has 3 rings (SSSR count). The van der Waals surface area contributed by atoms with E-state index < -0.39 is 6.10 Å². The Morgan fingerprint density at radius 1 is 0.968 bits per heavy atom. The van der Waals surface area contributed by atoms with Crippen molar-refractivity contribution >= 4 is 11.7 Å². The normalized spacial score (nSPS) is 11.8. The molecule has 0 fully saturated rings. The summed E-state index contributed by atoms with van der Waals surface area (Å²) in [5, 5.41) is 10.5. The third-order valence-corrected chi connectivity index (χ3v) is 4.85. The van der Waals surface area contributed by atoms with Crippen LogP contribution in [0, 0.1) is 6.92 Å². The second-order valence-corrected chi connectivity index (χ2v) is 7.48. The Morgan fingerprint density at radius 2 is 1.71 bits per heavy atom. The lowest BCUT2D eigenvalue weighted by Crippen LogP contribution is -2.30.